The van der Waals surface area contributed by atoms with E-state index < -0.39 is 0 Å². The topological polar surface area (TPSA) is 42.4 Å². The van der Waals surface area contributed by atoms with Crippen LogP contribution in [-0.4, -0.2) is 18.0 Å². The monoisotopic (exact) mass is 272 g/mol. The van der Waals surface area contributed by atoms with Gasteiger partial charge in [0.15, 0.2) is 0 Å². The van der Waals surface area contributed by atoms with Gasteiger partial charge in [-0.1, -0.05) is 29.8 Å². The van der Waals surface area contributed by atoms with Crippen LogP contribution in [0.3, 0.4) is 0 Å². The van der Waals surface area contributed by atoms with Crippen molar-refractivity contribution in [2.75, 3.05) is 13.1 Å². The summed E-state index contributed by atoms with van der Waals surface area (Å²) >= 11 is 0. The van der Waals surface area contributed by atoms with E-state index in [2.05, 4.69) is 36.1 Å². The van der Waals surface area contributed by atoms with Crippen LogP contribution in [0.15, 0.2) is 47.1 Å². The van der Waals surface area contributed by atoms with E-state index in [9.17, 15) is 0 Å². The Balaban J connectivity index is 1.97. The maximum Gasteiger partial charge on any atom is 0.117 e. The number of benzene rings is 1. The highest BCUT2D eigenvalue weighted by Gasteiger charge is 2.08. The molecule has 0 fully saturated rings. The van der Waals surface area contributed by atoms with E-state index in [1.54, 1.807) is 6.26 Å². The van der Waals surface area contributed by atoms with Gasteiger partial charge in [-0.15, -0.1) is 0 Å². The fraction of sp³-hybridized carbons (Fsp3) is 0.412. The van der Waals surface area contributed by atoms with Crippen molar-refractivity contribution < 1.29 is 4.42 Å². The van der Waals surface area contributed by atoms with Crippen LogP contribution in [0.4, 0.5) is 0 Å². The lowest BCUT2D eigenvalue weighted by atomic mass is 10.1. The Hall–Kier alpha value is -1.58. The standard InChI is InChI=1S/C17H24N2O/c1-15-6-4-7-16(12-15)13-19(10-3-2-9-18)14-17-8-5-11-20-17/h4-8,11-12H,2-3,9-10,13-14,18H2,1H3. The van der Waals surface area contributed by atoms with Crippen LogP contribution in [0.1, 0.15) is 29.7 Å². The molecule has 0 aliphatic heterocycles. The molecule has 2 rings (SSSR count). The molecule has 0 atom stereocenters. The van der Waals surface area contributed by atoms with E-state index in [0.29, 0.717) is 0 Å². The lowest BCUT2D eigenvalue weighted by molar-refractivity contribution is 0.231. The maximum atomic E-state index is 5.59. The van der Waals surface area contributed by atoms with Crippen LogP contribution < -0.4 is 5.73 Å². The van der Waals surface area contributed by atoms with Gasteiger partial charge in [-0.2, -0.15) is 0 Å². The summed E-state index contributed by atoms with van der Waals surface area (Å²) in [4.78, 5) is 2.42. The van der Waals surface area contributed by atoms with Gasteiger partial charge in [0, 0.05) is 6.54 Å². The van der Waals surface area contributed by atoms with Crippen molar-refractivity contribution in [1.29, 1.82) is 0 Å². The summed E-state index contributed by atoms with van der Waals surface area (Å²) < 4.78 is 5.47. The van der Waals surface area contributed by atoms with Crippen LogP contribution in [0.5, 0.6) is 0 Å². The van der Waals surface area contributed by atoms with Crippen molar-refractivity contribution in [3.8, 4) is 0 Å². The summed E-state index contributed by atoms with van der Waals surface area (Å²) in [5, 5.41) is 0. The average molecular weight is 272 g/mol. The number of unbranched alkanes of at least 4 members (excludes halogenated alkanes) is 1. The van der Waals surface area contributed by atoms with Crippen LogP contribution in [0, 0.1) is 6.92 Å². The quantitative estimate of drug-likeness (QED) is 0.750. The van der Waals surface area contributed by atoms with Crippen molar-refractivity contribution in [3.05, 3.63) is 59.5 Å². The molecule has 0 spiro atoms. The summed E-state index contributed by atoms with van der Waals surface area (Å²) in [6, 6.07) is 12.7. The van der Waals surface area contributed by atoms with Gasteiger partial charge in [-0.25, -0.2) is 0 Å². The predicted octanol–water partition coefficient (Wildman–Crippen LogP) is 3.33. The van der Waals surface area contributed by atoms with E-state index in [1.807, 2.05) is 12.1 Å². The van der Waals surface area contributed by atoms with Gasteiger partial charge in [0.25, 0.3) is 0 Å². The first-order valence-electron chi connectivity index (χ1n) is 7.28. The fourth-order valence-electron chi connectivity index (χ4n) is 2.39. The molecule has 2 aromatic rings. The Morgan fingerprint density at radius 2 is 2.00 bits per heavy atom. The molecule has 0 saturated carbocycles. The molecule has 0 amide bonds. The first kappa shape index (κ1) is 14.8. The molecule has 0 unspecified atom stereocenters. The first-order chi connectivity index (χ1) is 9.78. The number of hydrogen-bond acceptors (Lipinski definition) is 3. The number of nitrogens with two attached hydrogens (primary N) is 1. The fourth-order valence-corrected chi connectivity index (χ4v) is 2.39. The Kier molecular flexibility index (Phi) is 5.84. The normalized spacial score (nSPS) is 11.2. The third-order valence-corrected chi connectivity index (χ3v) is 3.38. The minimum atomic E-state index is 0.763. The lowest BCUT2D eigenvalue weighted by Crippen LogP contribution is -2.24. The number of hydrogen-bond donors (Lipinski definition) is 1. The molecule has 0 radical (unpaired) electrons. The number of rotatable bonds is 8. The molecule has 20 heavy (non-hydrogen) atoms. The zero-order valence-corrected chi connectivity index (χ0v) is 12.2. The van der Waals surface area contributed by atoms with Gasteiger partial charge in [-0.3, -0.25) is 4.90 Å². The Bertz CT molecular complexity index is 493. The molecular formula is C17H24N2O. The molecule has 3 heteroatoms. The second-order valence-corrected chi connectivity index (χ2v) is 5.27. The second kappa shape index (κ2) is 7.88. The Morgan fingerprint density at radius 1 is 1.10 bits per heavy atom. The molecule has 0 aliphatic rings. The highest BCUT2D eigenvalue weighted by Crippen LogP contribution is 2.12. The molecule has 0 aliphatic carbocycles. The van der Waals surface area contributed by atoms with Gasteiger partial charge >= 0.3 is 0 Å². The average Bonchev–Trinajstić information content (AvgIpc) is 2.92. The summed E-state index contributed by atoms with van der Waals surface area (Å²) in [6.07, 6.45) is 3.94. The number of furan rings is 1. The lowest BCUT2D eigenvalue weighted by Gasteiger charge is -2.21. The van der Waals surface area contributed by atoms with E-state index in [-0.39, 0.29) is 0 Å². The minimum absolute atomic E-state index is 0.763. The molecular weight excluding hydrogens is 248 g/mol. The van der Waals surface area contributed by atoms with Crippen molar-refractivity contribution >= 4 is 0 Å². The van der Waals surface area contributed by atoms with Gasteiger partial charge in [-0.05, 0) is 50.6 Å². The zero-order valence-electron chi connectivity index (χ0n) is 12.2. The summed E-state index contributed by atoms with van der Waals surface area (Å²) in [6.45, 7) is 5.75. The molecule has 1 heterocycles. The maximum absolute atomic E-state index is 5.59. The molecule has 3 nitrogen and oxygen atoms in total. The largest absolute Gasteiger partial charge is 0.468 e. The molecule has 0 bridgehead atoms. The predicted molar refractivity (Wildman–Crippen MR) is 82.3 cm³/mol. The van der Waals surface area contributed by atoms with E-state index in [1.165, 1.54) is 11.1 Å². The molecule has 0 saturated heterocycles. The van der Waals surface area contributed by atoms with E-state index >= 15 is 0 Å². The number of nitrogens with zero attached hydrogens (tertiary/aromatic N) is 1. The van der Waals surface area contributed by atoms with Gasteiger partial charge in [0.05, 0.1) is 12.8 Å². The van der Waals surface area contributed by atoms with Crippen LogP contribution in [0.2, 0.25) is 0 Å². The first-order valence-corrected chi connectivity index (χ1v) is 7.28. The second-order valence-electron chi connectivity index (χ2n) is 5.27. The van der Waals surface area contributed by atoms with Crippen LogP contribution in [-0.2, 0) is 13.1 Å². The molecule has 1 aromatic carbocycles. The smallest absolute Gasteiger partial charge is 0.117 e. The van der Waals surface area contributed by atoms with E-state index in [4.69, 9.17) is 10.2 Å². The third-order valence-electron chi connectivity index (χ3n) is 3.38. The molecule has 108 valence electrons. The third kappa shape index (κ3) is 4.83. The highest BCUT2D eigenvalue weighted by atomic mass is 16.3. The summed E-state index contributed by atoms with van der Waals surface area (Å²) in [5.41, 5.74) is 8.25. The van der Waals surface area contributed by atoms with E-state index in [0.717, 1.165) is 44.8 Å². The van der Waals surface area contributed by atoms with Crippen molar-refractivity contribution in [1.82, 2.24) is 4.90 Å². The summed E-state index contributed by atoms with van der Waals surface area (Å²) in [7, 11) is 0. The number of aryl methyl sites for hydroxylation is 1. The van der Waals surface area contributed by atoms with Gasteiger partial charge < -0.3 is 10.2 Å². The SMILES string of the molecule is Cc1cccc(CN(CCCCN)Cc2ccco2)c1. The Morgan fingerprint density at radius 3 is 2.70 bits per heavy atom. The van der Waals surface area contributed by atoms with Gasteiger partial charge in [0.2, 0.25) is 0 Å². The van der Waals surface area contributed by atoms with Crippen LogP contribution in [0.25, 0.3) is 0 Å². The Labute approximate surface area is 121 Å². The van der Waals surface area contributed by atoms with Crippen LogP contribution >= 0.6 is 0 Å². The summed E-state index contributed by atoms with van der Waals surface area (Å²) in [5.74, 6) is 1.02. The molecule has 2 N–H and O–H groups in total. The van der Waals surface area contributed by atoms with Crippen molar-refractivity contribution in [2.24, 2.45) is 5.73 Å². The highest BCUT2D eigenvalue weighted by molar-refractivity contribution is 5.22. The van der Waals surface area contributed by atoms with Crippen molar-refractivity contribution in [2.45, 2.75) is 32.9 Å². The van der Waals surface area contributed by atoms with Gasteiger partial charge in [0.1, 0.15) is 5.76 Å². The molecule has 1 aromatic heterocycles. The van der Waals surface area contributed by atoms with Crippen molar-refractivity contribution in [3.63, 3.8) is 0 Å². The zero-order chi connectivity index (χ0) is 14.2. The minimum Gasteiger partial charge on any atom is -0.468 e.